The third-order valence-electron chi connectivity index (χ3n) is 6.79. The summed E-state index contributed by atoms with van der Waals surface area (Å²) in [6, 6.07) is 9.25. The number of carboxylic acid groups (broad SMARTS) is 1. The molecule has 1 fully saturated rings. The third-order valence-corrected chi connectivity index (χ3v) is 6.79. The first-order valence-electron chi connectivity index (χ1n) is 11.3. The number of hydrogen-bond donors (Lipinski definition) is 2. The molecule has 5 rings (SSSR count). The number of nitrogens with zero attached hydrogens (tertiary/aromatic N) is 2. The summed E-state index contributed by atoms with van der Waals surface area (Å²) in [4.78, 5) is 11.7. The number of hydrogen-bond acceptors (Lipinski definition) is 4. The summed E-state index contributed by atoms with van der Waals surface area (Å²) in [5.74, 6) is -1.32. The number of rotatable bonds is 6. The van der Waals surface area contributed by atoms with Gasteiger partial charge in [0.2, 0.25) is 0 Å². The molecule has 7 nitrogen and oxygen atoms in total. The molecule has 1 aliphatic rings. The molecule has 1 unspecified atom stereocenters. The van der Waals surface area contributed by atoms with E-state index in [1.165, 1.54) is 6.07 Å². The molecule has 0 radical (unpaired) electrons. The minimum Gasteiger partial charge on any atom is -0.479 e. The Kier molecular flexibility index (Phi) is 5.45. The lowest BCUT2D eigenvalue weighted by molar-refractivity contribution is -0.147. The van der Waals surface area contributed by atoms with Gasteiger partial charge in [0.1, 0.15) is 5.82 Å². The number of aromatic amines is 1. The molecule has 2 aromatic carbocycles. The van der Waals surface area contributed by atoms with Crippen LogP contribution in [-0.4, -0.2) is 52.3 Å². The van der Waals surface area contributed by atoms with Crippen molar-refractivity contribution < 1.29 is 23.8 Å². The predicted octanol–water partition coefficient (Wildman–Crippen LogP) is 4.84. The number of methoxy groups -OCH3 is 1. The van der Waals surface area contributed by atoms with Crippen LogP contribution in [0.5, 0.6) is 0 Å². The maximum Gasteiger partial charge on any atom is 0.332 e. The molecule has 8 heteroatoms. The van der Waals surface area contributed by atoms with Gasteiger partial charge in [-0.2, -0.15) is 5.10 Å². The molecule has 2 atom stereocenters. The Hall–Kier alpha value is -3.23. The standard InChI is InChI=1S/C26H28FN3O4/c1-14-7-17(5-6-19(14)27)30-21-8-15-11-28-29-20(15)10-18(21)23(24(30)26(2,3)13-33-4)16-9-22(25(31)32)34-12-16/h5-8,10-11,16,22H,9,12-13H2,1-4H3,(H,28,29)(H,31,32)/t16?,22-/m0/s1. The zero-order valence-electron chi connectivity index (χ0n) is 19.7. The molecule has 0 spiro atoms. The summed E-state index contributed by atoms with van der Waals surface area (Å²) in [6.45, 7) is 6.74. The van der Waals surface area contributed by atoms with Gasteiger partial charge < -0.3 is 19.1 Å². The van der Waals surface area contributed by atoms with E-state index in [1.807, 2.05) is 6.07 Å². The van der Waals surface area contributed by atoms with Crippen LogP contribution in [0.15, 0.2) is 36.5 Å². The van der Waals surface area contributed by atoms with Crippen LogP contribution < -0.4 is 0 Å². The first-order valence-corrected chi connectivity index (χ1v) is 11.3. The fourth-order valence-corrected chi connectivity index (χ4v) is 5.29. The number of carboxylic acids is 1. The molecule has 0 saturated carbocycles. The number of halogens is 1. The van der Waals surface area contributed by atoms with Crippen molar-refractivity contribution in [1.82, 2.24) is 14.8 Å². The van der Waals surface area contributed by atoms with Crippen LogP contribution in [0.4, 0.5) is 4.39 Å². The number of ether oxygens (including phenoxy) is 2. The highest BCUT2D eigenvalue weighted by Crippen LogP contribution is 2.45. The second-order valence-electron chi connectivity index (χ2n) is 9.77. The topological polar surface area (TPSA) is 89.4 Å². The lowest BCUT2D eigenvalue weighted by Gasteiger charge is -2.29. The molecule has 1 aliphatic heterocycles. The number of fused-ring (bicyclic) bond motifs is 2. The molecule has 0 amide bonds. The average Bonchev–Trinajstić information content (AvgIpc) is 3.50. The van der Waals surface area contributed by atoms with Crippen molar-refractivity contribution in [3.63, 3.8) is 0 Å². The highest BCUT2D eigenvalue weighted by atomic mass is 19.1. The van der Waals surface area contributed by atoms with E-state index in [0.29, 0.717) is 25.2 Å². The quantitative estimate of drug-likeness (QED) is 0.426. The van der Waals surface area contributed by atoms with E-state index in [-0.39, 0.29) is 11.7 Å². The van der Waals surface area contributed by atoms with Crippen LogP contribution >= 0.6 is 0 Å². The average molecular weight is 466 g/mol. The van der Waals surface area contributed by atoms with E-state index in [9.17, 15) is 14.3 Å². The van der Waals surface area contributed by atoms with Crippen LogP contribution in [0.3, 0.4) is 0 Å². The molecule has 3 heterocycles. The lowest BCUT2D eigenvalue weighted by atomic mass is 9.82. The van der Waals surface area contributed by atoms with Crippen LogP contribution in [-0.2, 0) is 19.7 Å². The smallest absolute Gasteiger partial charge is 0.332 e. The van der Waals surface area contributed by atoms with Gasteiger partial charge in [-0.25, -0.2) is 9.18 Å². The predicted molar refractivity (Wildman–Crippen MR) is 127 cm³/mol. The summed E-state index contributed by atoms with van der Waals surface area (Å²) >= 11 is 0. The van der Waals surface area contributed by atoms with E-state index >= 15 is 0 Å². The van der Waals surface area contributed by atoms with E-state index < -0.39 is 17.5 Å². The summed E-state index contributed by atoms with van der Waals surface area (Å²) in [5.41, 5.74) is 4.86. The van der Waals surface area contributed by atoms with Gasteiger partial charge in [-0.15, -0.1) is 0 Å². The molecular formula is C26H28FN3O4. The van der Waals surface area contributed by atoms with E-state index in [1.54, 1.807) is 26.3 Å². The Bertz CT molecular complexity index is 1400. The lowest BCUT2D eigenvalue weighted by Crippen LogP contribution is -2.29. The van der Waals surface area contributed by atoms with Crippen molar-refractivity contribution >= 4 is 27.8 Å². The largest absolute Gasteiger partial charge is 0.479 e. The molecule has 4 aromatic rings. The maximum absolute atomic E-state index is 14.2. The molecule has 1 saturated heterocycles. The number of carbonyl (C=O) groups is 1. The minimum absolute atomic E-state index is 0.113. The number of H-pyrrole nitrogens is 1. The number of benzene rings is 2. The van der Waals surface area contributed by atoms with Crippen molar-refractivity contribution in [2.45, 2.75) is 44.6 Å². The minimum atomic E-state index is -0.950. The van der Waals surface area contributed by atoms with Gasteiger partial charge in [0.05, 0.1) is 30.4 Å². The van der Waals surface area contributed by atoms with Gasteiger partial charge in [0, 0.05) is 40.6 Å². The normalized spacial score (nSPS) is 18.9. The number of nitrogens with one attached hydrogen (secondary N) is 1. The van der Waals surface area contributed by atoms with Crippen LogP contribution in [0.2, 0.25) is 0 Å². The highest BCUT2D eigenvalue weighted by Gasteiger charge is 2.39. The zero-order valence-corrected chi connectivity index (χ0v) is 19.7. The van der Waals surface area contributed by atoms with Gasteiger partial charge in [0.25, 0.3) is 0 Å². The Morgan fingerprint density at radius 1 is 1.35 bits per heavy atom. The zero-order chi connectivity index (χ0) is 24.2. The Morgan fingerprint density at radius 3 is 2.82 bits per heavy atom. The fourth-order valence-electron chi connectivity index (χ4n) is 5.29. The van der Waals surface area contributed by atoms with E-state index in [0.717, 1.165) is 38.8 Å². The Balaban J connectivity index is 1.88. The maximum atomic E-state index is 14.2. The Morgan fingerprint density at radius 2 is 2.15 bits per heavy atom. The second kappa shape index (κ2) is 8.21. The molecule has 34 heavy (non-hydrogen) atoms. The Labute approximate surface area is 196 Å². The molecular weight excluding hydrogens is 437 g/mol. The van der Waals surface area contributed by atoms with Crippen molar-refractivity contribution in [1.29, 1.82) is 0 Å². The first kappa shape index (κ1) is 22.6. The number of aryl methyl sites for hydroxylation is 1. The van der Waals surface area contributed by atoms with Crippen molar-refractivity contribution in [2.75, 3.05) is 20.3 Å². The van der Waals surface area contributed by atoms with Gasteiger partial charge >= 0.3 is 5.97 Å². The van der Waals surface area contributed by atoms with Crippen LogP contribution in [0.1, 0.15) is 43.0 Å². The van der Waals surface area contributed by atoms with Gasteiger partial charge in [-0.1, -0.05) is 13.8 Å². The highest BCUT2D eigenvalue weighted by molar-refractivity contribution is 5.99. The van der Waals surface area contributed by atoms with Gasteiger partial charge in [0.15, 0.2) is 6.10 Å². The number of aromatic nitrogens is 3. The molecule has 2 aromatic heterocycles. The molecule has 0 bridgehead atoms. The SMILES string of the molecule is COCC(C)(C)c1c(C2CO[C@H](C(=O)O)C2)c2cc3[nH]ncc3cc2n1-c1ccc(F)c(C)c1. The number of aliphatic carboxylic acids is 1. The first-order chi connectivity index (χ1) is 16.2. The van der Waals surface area contributed by atoms with Gasteiger partial charge in [-0.05, 0) is 54.8 Å². The summed E-state index contributed by atoms with van der Waals surface area (Å²) in [7, 11) is 1.67. The van der Waals surface area contributed by atoms with Crippen molar-refractivity contribution in [2.24, 2.45) is 0 Å². The summed E-state index contributed by atoms with van der Waals surface area (Å²) in [6.07, 6.45) is 1.32. The van der Waals surface area contributed by atoms with Crippen LogP contribution in [0, 0.1) is 12.7 Å². The monoisotopic (exact) mass is 465 g/mol. The third kappa shape index (κ3) is 3.58. The molecule has 0 aliphatic carbocycles. The fraction of sp³-hybridized carbons (Fsp3) is 0.385. The molecule has 178 valence electrons. The van der Waals surface area contributed by atoms with Crippen LogP contribution in [0.25, 0.3) is 27.5 Å². The summed E-state index contributed by atoms with van der Waals surface area (Å²) < 4.78 is 27.7. The van der Waals surface area contributed by atoms with Crippen molar-refractivity contribution in [3.8, 4) is 5.69 Å². The molecule has 2 N–H and O–H groups in total. The van der Waals surface area contributed by atoms with E-state index in [2.05, 4.69) is 40.7 Å². The summed E-state index contributed by atoms with van der Waals surface area (Å²) in [5, 5.41) is 18.7. The van der Waals surface area contributed by atoms with Crippen molar-refractivity contribution in [3.05, 3.63) is 59.2 Å². The van der Waals surface area contributed by atoms with Gasteiger partial charge in [-0.3, -0.25) is 5.10 Å². The van der Waals surface area contributed by atoms with E-state index in [4.69, 9.17) is 9.47 Å². The second-order valence-corrected chi connectivity index (χ2v) is 9.77.